The normalized spacial score (nSPS) is 19.5. The third kappa shape index (κ3) is 3.26. The molecular formula is C17H26N4. The van der Waals surface area contributed by atoms with Crippen molar-refractivity contribution in [2.45, 2.75) is 46.6 Å². The van der Waals surface area contributed by atoms with Crippen LogP contribution in [0.3, 0.4) is 0 Å². The molecule has 1 saturated heterocycles. The molecule has 0 aromatic carbocycles. The van der Waals surface area contributed by atoms with Crippen molar-refractivity contribution in [1.29, 1.82) is 0 Å². The average Bonchev–Trinajstić information content (AvgIpc) is 2.76. The minimum atomic E-state index is 0.617. The number of rotatable bonds is 4. The summed E-state index contributed by atoms with van der Waals surface area (Å²) in [6.45, 7) is 9.92. The Hall–Kier alpha value is -1.42. The number of pyridine rings is 1. The molecule has 0 radical (unpaired) electrons. The molecule has 1 fully saturated rings. The molecule has 1 aliphatic heterocycles. The minimum absolute atomic E-state index is 0.617. The van der Waals surface area contributed by atoms with E-state index in [1.54, 1.807) is 0 Å². The number of nitrogens with zero attached hydrogens (tertiary/aromatic N) is 3. The van der Waals surface area contributed by atoms with Crippen LogP contribution in [0.2, 0.25) is 0 Å². The molecule has 114 valence electrons. The highest BCUT2D eigenvalue weighted by Crippen LogP contribution is 2.21. The van der Waals surface area contributed by atoms with Gasteiger partial charge in [0.25, 0.3) is 0 Å². The van der Waals surface area contributed by atoms with E-state index in [0.29, 0.717) is 11.8 Å². The Kier molecular flexibility index (Phi) is 4.24. The van der Waals surface area contributed by atoms with E-state index in [9.17, 15) is 0 Å². The molecule has 1 N–H and O–H groups in total. The number of imidazole rings is 1. The van der Waals surface area contributed by atoms with E-state index in [-0.39, 0.29) is 0 Å². The second kappa shape index (κ2) is 6.14. The predicted octanol–water partition coefficient (Wildman–Crippen LogP) is 2.94. The number of aryl methyl sites for hydroxylation is 1. The Labute approximate surface area is 127 Å². The first-order valence-corrected chi connectivity index (χ1v) is 8.16. The zero-order valence-corrected chi connectivity index (χ0v) is 13.4. The quantitative estimate of drug-likeness (QED) is 0.939. The molecule has 3 heterocycles. The molecule has 0 saturated carbocycles. The lowest BCUT2D eigenvalue weighted by atomic mass is 9.99. The Balaban J connectivity index is 1.95. The summed E-state index contributed by atoms with van der Waals surface area (Å²) in [5, 5.41) is 3.51. The van der Waals surface area contributed by atoms with Gasteiger partial charge >= 0.3 is 0 Å². The smallest absolute Gasteiger partial charge is 0.160 e. The van der Waals surface area contributed by atoms with Crippen LogP contribution in [0.25, 0.3) is 11.2 Å². The van der Waals surface area contributed by atoms with E-state index in [0.717, 1.165) is 37.2 Å². The summed E-state index contributed by atoms with van der Waals surface area (Å²) in [6, 6.07) is 2.15. The maximum Gasteiger partial charge on any atom is 0.160 e. The summed E-state index contributed by atoms with van der Waals surface area (Å²) >= 11 is 0. The lowest BCUT2D eigenvalue weighted by Crippen LogP contribution is -2.32. The Morgan fingerprint density at radius 3 is 3.00 bits per heavy atom. The van der Waals surface area contributed by atoms with E-state index >= 15 is 0 Å². The van der Waals surface area contributed by atoms with Crippen molar-refractivity contribution in [2.24, 2.45) is 11.8 Å². The van der Waals surface area contributed by atoms with Crippen molar-refractivity contribution >= 4 is 11.2 Å². The van der Waals surface area contributed by atoms with Gasteiger partial charge in [0.15, 0.2) is 5.65 Å². The molecule has 4 heteroatoms. The molecular weight excluding hydrogens is 260 g/mol. The maximum atomic E-state index is 4.86. The van der Waals surface area contributed by atoms with E-state index in [1.807, 2.05) is 6.20 Å². The average molecular weight is 286 g/mol. The molecule has 1 aliphatic rings. The highest BCUT2D eigenvalue weighted by Gasteiger charge is 2.19. The standard InChI is InChI=1S/C17H26N4/c1-12(2)7-16-20-15-8-13(3)9-19-17(15)21(16)11-14-5-4-6-18-10-14/h8-9,12,14,18H,4-7,10-11H2,1-3H3. The summed E-state index contributed by atoms with van der Waals surface area (Å²) in [6.07, 6.45) is 5.57. The lowest BCUT2D eigenvalue weighted by molar-refractivity contribution is 0.335. The Bertz CT molecular complexity index is 609. The van der Waals surface area contributed by atoms with Crippen LogP contribution < -0.4 is 5.32 Å². The molecule has 2 aromatic rings. The van der Waals surface area contributed by atoms with E-state index in [2.05, 4.69) is 41.7 Å². The van der Waals surface area contributed by atoms with Crippen molar-refractivity contribution in [3.63, 3.8) is 0 Å². The molecule has 4 nitrogen and oxygen atoms in total. The maximum absolute atomic E-state index is 4.86. The summed E-state index contributed by atoms with van der Waals surface area (Å²) in [7, 11) is 0. The Morgan fingerprint density at radius 2 is 2.29 bits per heavy atom. The van der Waals surface area contributed by atoms with Crippen molar-refractivity contribution in [2.75, 3.05) is 13.1 Å². The molecule has 0 bridgehead atoms. The van der Waals surface area contributed by atoms with Gasteiger partial charge < -0.3 is 9.88 Å². The highest BCUT2D eigenvalue weighted by atomic mass is 15.1. The first-order chi connectivity index (χ1) is 10.1. The topological polar surface area (TPSA) is 42.7 Å². The summed E-state index contributed by atoms with van der Waals surface area (Å²) in [5.74, 6) is 2.51. The second-order valence-corrected chi connectivity index (χ2v) is 6.80. The molecule has 0 aliphatic carbocycles. The van der Waals surface area contributed by atoms with Crippen LogP contribution in [0.4, 0.5) is 0 Å². The monoisotopic (exact) mass is 286 g/mol. The van der Waals surface area contributed by atoms with Gasteiger partial charge in [-0.25, -0.2) is 9.97 Å². The molecule has 0 amide bonds. The van der Waals surface area contributed by atoms with Crippen LogP contribution in [0.1, 0.15) is 38.1 Å². The lowest BCUT2D eigenvalue weighted by Gasteiger charge is -2.24. The number of piperidine rings is 1. The van der Waals surface area contributed by atoms with Crippen LogP contribution in [0, 0.1) is 18.8 Å². The van der Waals surface area contributed by atoms with Crippen LogP contribution in [-0.2, 0) is 13.0 Å². The third-order valence-corrected chi connectivity index (χ3v) is 4.23. The fourth-order valence-electron chi connectivity index (χ4n) is 3.21. The van der Waals surface area contributed by atoms with Crippen molar-refractivity contribution in [3.05, 3.63) is 23.7 Å². The summed E-state index contributed by atoms with van der Waals surface area (Å²) in [5.41, 5.74) is 3.29. The van der Waals surface area contributed by atoms with Gasteiger partial charge in [-0.2, -0.15) is 0 Å². The first kappa shape index (κ1) is 14.5. The number of nitrogens with one attached hydrogen (secondary N) is 1. The fraction of sp³-hybridized carbons (Fsp3) is 0.647. The SMILES string of the molecule is Cc1cnc2c(c1)nc(CC(C)C)n2CC1CCCNC1. The minimum Gasteiger partial charge on any atom is -0.316 e. The fourth-order valence-corrected chi connectivity index (χ4v) is 3.21. The molecule has 1 atom stereocenters. The van der Waals surface area contributed by atoms with Gasteiger partial charge in [-0.3, -0.25) is 0 Å². The second-order valence-electron chi connectivity index (χ2n) is 6.80. The van der Waals surface area contributed by atoms with Gasteiger partial charge in [-0.1, -0.05) is 13.8 Å². The van der Waals surface area contributed by atoms with E-state index in [4.69, 9.17) is 4.98 Å². The Morgan fingerprint density at radius 1 is 1.43 bits per heavy atom. The molecule has 2 aromatic heterocycles. The molecule has 0 spiro atoms. The van der Waals surface area contributed by atoms with Crippen LogP contribution in [0.5, 0.6) is 0 Å². The van der Waals surface area contributed by atoms with Crippen molar-refractivity contribution in [3.8, 4) is 0 Å². The van der Waals surface area contributed by atoms with E-state index in [1.165, 1.54) is 24.2 Å². The van der Waals surface area contributed by atoms with Gasteiger partial charge in [0.05, 0.1) is 0 Å². The predicted molar refractivity (Wildman–Crippen MR) is 86.4 cm³/mol. The van der Waals surface area contributed by atoms with Crippen LogP contribution in [-0.4, -0.2) is 27.6 Å². The van der Waals surface area contributed by atoms with Gasteiger partial charge in [0.1, 0.15) is 11.3 Å². The number of fused-ring (bicyclic) bond motifs is 1. The zero-order valence-electron chi connectivity index (χ0n) is 13.4. The highest BCUT2D eigenvalue weighted by molar-refractivity contribution is 5.72. The van der Waals surface area contributed by atoms with E-state index < -0.39 is 0 Å². The van der Waals surface area contributed by atoms with Crippen LogP contribution >= 0.6 is 0 Å². The van der Waals surface area contributed by atoms with Gasteiger partial charge in [0.2, 0.25) is 0 Å². The van der Waals surface area contributed by atoms with Gasteiger partial charge in [-0.05, 0) is 56.3 Å². The van der Waals surface area contributed by atoms with Crippen LogP contribution in [0.15, 0.2) is 12.3 Å². The van der Waals surface area contributed by atoms with Gasteiger partial charge in [-0.15, -0.1) is 0 Å². The summed E-state index contributed by atoms with van der Waals surface area (Å²) in [4.78, 5) is 9.51. The molecule has 1 unspecified atom stereocenters. The number of hydrogen-bond donors (Lipinski definition) is 1. The first-order valence-electron chi connectivity index (χ1n) is 8.16. The number of hydrogen-bond acceptors (Lipinski definition) is 3. The summed E-state index contributed by atoms with van der Waals surface area (Å²) < 4.78 is 2.37. The third-order valence-electron chi connectivity index (χ3n) is 4.23. The molecule has 21 heavy (non-hydrogen) atoms. The number of aromatic nitrogens is 3. The van der Waals surface area contributed by atoms with Crippen molar-refractivity contribution in [1.82, 2.24) is 19.9 Å². The van der Waals surface area contributed by atoms with Gasteiger partial charge in [0, 0.05) is 19.2 Å². The molecule has 3 rings (SSSR count). The zero-order chi connectivity index (χ0) is 14.8. The van der Waals surface area contributed by atoms with Crippen molar-refractivity contribution < 1.29 is 0 Å². The largest absolute Gasteiger partial charge is 0.316 e.